The Morgan fingerprint density at radius 3 is 2.64 bits per heavy atom. The van der Waals surface area contributed by atoms with E-state index < -0.39 is 11.5 Å². The molecule has 1 heterocycles. The van der Waals surface area contributed by atoms with Crippen molar-refractivity contribution in [3.8, 4) is 0 Å². The second-order valence-corrected chi connectivity index (χ2v) is 3.73. The predicted molar refractivity (Wildman–Crippen MR) is 55.7 cm³/mol. The van der Waals surface area contributed by atoms with Gasteiger partial charge in [-0.25, -0.2) is 4.79 Å². The van der Waals surface area contributed by atoms with Gasteiger partial charge in [0.25, 0.3) is 5.56 Å². The molecule has 0 aliphatic carbocycles. The molecule has 4 nitrogen and oxygen atoms in total. The molecule has 0 unspecified atom stereocenters. The number of pyridine rings is 1. The highest BCUT2D eigenvalue weighted by molar-refractivity contribution is 9.10. The number of halogens is 1. The number of carboxylic acid groups (broad SMARTS) is 1. The summed E-state index contributed by atoms with van der Waals surface area (Å²) >= 11 is 3.24. The van der Waals surface area contributed by atoms with Gasteiger partial charge in [-0.3, -0.25) is 4.79 Å². The summed E-state index contributed by atoms with van der Waals surface area (Å²) in [5, 5.41) is 8.74. The Bertz CT molecular complexity index is 436. The molecule has 0 bridgehead atoms. The van der Waals surface area contributed by atoms with E-state index in [0.29, 0.717) is 10.9 Å². The van der Waals surface area contributed by atoms with Crippen molar-refractivity contribution in [1.82, 2.24) is 4.57 Å². The second-order valence-electron chi connectivity index (χ2n) is 2.88. The molecule has 0 saturated carbocycles. The zero-order chi connectivity index (χ0) is 10.9. The van der Waals surface area contributed by atoms with Gasteiger partial charge in [0, 0.05) is 17.2 Å². The summed E-state index contributed by atoms with van der Waals surface area (Å²) in [6.45, 7) is 1.90. The summed E-state index contributed by atoms with van der Waals surface area (Å²) in [5.41, 5.74) is 0.106. The predicted octanol–water partition coefficient (Wildman–Crippen LogP) is 1.41. The molecular weight excluding hydrogens is 250 g/mol. The minimum Gasteiger partial charge on any atom is -0.477 e. The van der Waals surface area contributed by atoms with Crippen LogP contribution in [0.3, 0.4) is 0 Å². The molecule has 1 N–H and O–H groups in total. The van der Waals surface area contributed by atoms with Crippen molar-refractivity contribution in [3.63, 3.8) is 0 Å². The van der Waals surface area contributed by atoms with Crippen LogP contribution >= 0.6 is 15.9 Å². The maximum atomic E-state index is 11.5. The van der Waals surface area contributed by atoms with E-state index in [1.165, 1.54) is 10.6 Å². The van der Waals surface area contributed by atoms with Gasteiger partial charge in [0.1, 0.15) is 5.56 Å². The lowest BCUT2D eigenvalue weighted by molar-refractivity contribution is 0.0694. The van der Waals surface area contributed by atoms with Crippen molar-refractivity contribution in [1.29, 1.82) is 0 Å². The SMILES string of the molecule is CCc1c(Br)cc(C(=O)O)c(=O)n1C. The van der Waals surface area contributed by atoms with Crippen LogP contribution < -0.4 is 5.56 Å². The van der Waals surface area contributed by atoms with Crippen molar-refractivity contribution in [2.75, 3.05) is 0 Å². The molecule has 1 aromatic rings. The second kappa shape index (κ2) is 3.96. The molecule has 0 aromatic carbocycles. The third kappa shape index (κ3) is 1.72. The van der Waals surface area contributed by atoms with Gasteiger partial charge in [-0.2, -0.15) is 0 Å². The summed E-state index contributed by atoms with van der Waals surface area (Å²) in [5.74, 6) is -1.20. The maximum Gasteiger partial charge on any atom is 0.341 e. The van der Waals surface area contributed by atoms with E-state index in [2.05, 4.69) is 15.9 Å². The normalized spacial score (nSPS) is 10.2. The molecule has 0 atom stereocenters. The fraction of sp³-hybridized carbons (Fsp3) is 0.333. The number of carboxylic acids is 1. The van der Waals surface area contributed by atoms with Crippen LogP contribution in [0.4, 0.5) is 0 Å². The Hall–Kier alpha value is -1.10. The Morgan fingerprint density at radius 1 is 1.64 bits per heavy atom. The van der Waals surface area contributed by atoms with Crippen molar-refractivity contribution >= 4 is 21.9 Å². The van der Waals surface area contributed by atoms with Gasteiger partial charge >= 0.3 is 5.97 Å². The van der Waals surface area contributed by atoms with Gasteiger partial charge < -0.3 is 9.67 Å². The fourth-order valence-corrected chi connectivity index (χ4v) is 2.07. The lowest BCUT2D eigenvalue weighted by Gasteiger charge is -2.09. The van der Waals surface area contributed by atoms with E-state index in [9.17, 15) is 9.59 Å². The minimum absolute atomic E-state index is 0.212. The Balaban J connectivity index is 3.56. The molecule has 1 rings (SSSR count). The van der Waals surface area contributed by atoms with E-state index in [1.54, 1.807) is 7.05 Å². The number of hydrogen-bond donors (Lipinski definition) is 1. The van der Waals surface area contributed by atoms with Crippen LogP contribution in [0.5, 0.6) is 0 Å². The average Bonchev–Trinajstić information content (AvgIpc) is 2.12. The molecule has 5 heteroatoms. The largest absolute Gasteiger partial charge is 0.477 e. The van der Waals surface area contributed by atoms with Gasteiger partial charge in [0.15, 0.2) is 0 Å². The molecule has 0 spiro atoms. The summed E-state index contributed by atoms with van der Waals surface area (Å²) in [7, 11) is 1.57. The first kappa shape index (κ1) is 11.0. The van der Waals surface area contributed by atoms with Crippen LogP contribution in [0.15, 0.2) is 15.3 Å². The zero-order valence-electron chi connectivity index (χ0n) is 7.87. The highest BCUT2D eigenvalue weighted by Crippen LogP contribution is 2.16. The van der Waals surface area contributed by atoms with Crippen LogP contribution in [0, 0.1) is 0 Å². The lowest BCUT2D eigenvalue weighted by Crippen LogP contribution is -2.26. The van der Waals surface area contributed by atoms with Gasteiger partial charge in [0.2, 0.25) is 0 Å². The van der Waals surface area contributed by atoms with Crippen LogP contribution in [0.2, 0.25) is 0 Å². The molecule has 76 valence electrons. The molecule has 0 fully saturated rings. The van der Waals surface area contributed by atoms with Crippen LogP contribution in [0.1, 0.15) is 23.0 Å². The maximum absolute atomic E-state index is 11.5. The molecule has 1 aromatic heterocycles. The van der Waals surface area contributed by atoms with E-state index in [1.807, 2.05) is 6.92 Å². The quantitative estimate of drug-likeness (QED) is 0.874. The fourth-order valence-electron chi connectivity index (χ4n) is 1.29. The first-order valence-electron chi connectivity index (χ1n) is 4.10. The highest BCUT2D eigenvalue weighted by Gasteiger charge is 2.14. The van der Waals surface area contributed by atoms with Gasteiger partial charge in [-0.1, -0.05) is 6.92 Å². The Morgan fingerprint density at radius 2 is 2.21 bits per heavy atom. The number of nitrogens with zero attached hydrogens (tertiary/aromatic N) is 1. The van der Waals surface area contributed by atoms with Crippen molar-refractivity contribution in [3.05, 3.63) is 32.2 Å². The molecule has 0 amide bonds. The highest BCUT2D eigenvalue weighted by atomic mass is 79.9. The standard InChI is InChI=1S/C9H10BrNO3/c1-3-7-6(10)4-5(9(13)14)8(12)11(7)2/h4H,3H2,1-2H3,(H,13,14). The summed E-state index contributed by atoms with van der Waals surface area (Å²) in [6, 6.07) is 1.35. The number of aromatic carboxylic acids is 1. The third-order valence-corrected chi connectivity index (χ3v) is 2.74. The van der Waals surface area contributed by atoms with Crippen LogP contribution in [-0.2, 0) is 13.5 Å². The average molecular weight is 260 g/mol. The first-order chi connectivity index (χ1) is 6.49. The minimum atomic E-state index is -1.20. The summed E-state index contributed by atoms with van der Waals surface area (Å²) in [4.78, 5) is 22.2. The van der Waals surface area contributed by atoms with E-state index in [4.69, 9.17) is 5.11 Å². The number of carbonyl (C=O) groups is 1. The summed E-state index contributed by atoms with van der Waals surface area (Å²) in [6.07, 6.45) is 0.673. The topological polar surface area (TPSA) is 59.3 Å². The third-order valence-electron chi connectivity index (χ3n) is 2.05. The van der Waals surface area contributed by atoms with E-state index in [0.717, 1.165) is 5.69 Å². The van der Waals surface area contributed by atoms with Gasteiger partial charge in [-0.15, -0.1) is 0 Å². The molecule has 14 heavy (non-hydrogen) atoms. The number of hydrogen-bond acceptors (Lipinski definition) is 2. The molecule has 0 aliphatic heterocycles. The monoisotopic (exact) mass is 259 g/mol. The molecule has 0 aliphatic rings. The van der Waals surface area contributed by atoms with E-state index in [-0.39, 0.29) is 5.56 Å². The molecular formula is C9H10BrNO3. The first-order valence-corrected chi connectivity index (χ1v) is 4.90. The summed E-state index contributed by atoms with van der Waals surface area (Å²) < 4.78 is 2.01. The lowest BCUT2D eigenvalue weighted by atomic mass is 10.2. The van der Waals surface area contributed by atoms with E-state index >= 15 is 0 Å². The van der Waals surface area contributed by atoms with Crippen molar-refractivity contribution in [2.24, 2.45) is 7.05 Å². The van der Waals surface area contributed by atoms with Gasteiger partial charge in [-0.05, 0) is 28.4 Å². The molecule has 0 radical (unpaired) electrons. The smallest absolute Gasteiger partial charge is 0.341 e. The Labute approximate surface area is 89.3 Å². The Kier molecular flexibility index (Phi) is 3.10. The number of aromatic nitrogens is 1. The van der Waals surface area contributed by atoms with Crippen molar-refractivity contribution in [2.45, 2.75) is 13.3 Å². The zero-order valence-corrected chi connectivity index (χ0v) is 9.46. The molecule has 0 saturated heterocycles. The van der Waals surface area contributed by atoms with Crippen molar-refractivity contribution < 1.29 is 9.90 Å². The van der Waals surface area contributed by atoms with Crippen LogP contribution in [0.25, 0.3) is 0 Å². The number of rotatable bonds is 2. The van der Waals surface area contributed by atoms with Crippen LogP contribution in [-0.4, -0.2) is 15.6 Å². The van der Waals surface area contributed by atoms with Gasteiger partial charge in [0.05, 0.1) is 0 Å².